The predicted octanol–water partition coefficient (Wildman–Crippen LogP) is 2.36. The molecule has 0 radical (unpaired) electrons. The molecule has 0 bridgehead atoms. The summed E-state index contributed by atoms with van der Waals surface area (Å²) in [5.41, 5.74) is 2.47. The Balaban J connectivity index is 1.83. The van der Waals surface area contributed by atoms with Crippen LogP contribution in [-0.2, 0) is 20.0 Å². The van der Waals surface area contributed by atoms with Crippen LogP contribution in [0.4, 0.5) is 0 Å². The fourth-order valence-electron chi connectivity index (χ4n) is 2.34. The van der Waals surface area contributed by atoms with Gasteiger partial charge < -0.3 is 5.32 Å². The van der Waals surface area contributed by atoms with E-state index in [1.807, 2.05) is 11.7 Å². The molecule has 96 valence electrons. The molecule has 4 heteroatoms. The number of aromatic nitrogens is 2. The van der Waals surface area contributed by atoms with Gasteiger partial charge in [-0.3, -0.25) is 4.68 Å². The third-order valence-corrected chi connectivity index (χ3v) is 5.03. The summed E-state index contributed by atoms with van der Waals surface area (Å²) < 4.78 is 2.45. The van der Waals surface area contributed by atoms with Crippen molar-refractivity contribution < 1.29 is 0 Å². The smallest absolute Gasteiger partial charge is 0.0625 e. The first-order valence-corrected chi connectivity index (χ1v) is 7.48. The number of rotatable bonds is 5. The number of aryl methyl sites for hydroxylation is 2. The van der Waals surface area contributed by atoms with Crippen LogP contribution in [0.2, 0.25) is 0 Å². The van der Waals surface area contributed by atoms with Gasteiger partial charge in [-0.25, -0.2) is 0 Å². The third-order valence-electron chi connectivity index (χ3n) is 3.50. The number of hydrogen-bond acceptors (Lipinski definition) is 3. The summed E-state index contributed by atoms with van der Waals surface area (Å²) in [6, 6.07) is 2.21. The van der Waals surface area contributed by atoms with Gasteiger partial charge in [-0.2, -0.15) is 16.9 Å². The number of nitrogens with one attached hydrogen (secondary N) is 1. The fourth-order valence-corrected chi connectivity index (χ4v) is 3.62. The molecule has 17 heavy (non-hydrogen) atoms. The molecule has 1 unspecified atom stereocenters. The normalized spacial score (nSPS) is 24.4. The Morgan fingerprint density at radius 3 is 3.00 bits per heavy atom. The Morgan fingerprint density at radius 1 is 1.59 bits per heavy atom. The van der Waals surface area contributed by atoms with Gasteiger partial charge in [0, 0.05) is 24.9 Å². The van der Waals surface area contributed by atoms with E-state index in [1.54, 1.807) is 0 Å². The molecule has 0 amide bonds. The van der Waals surface area contributed by atoms with Crippen molar-refractivity contribution in [2.24, 2.45) is 7.05 Å². The van der Waals surface area contributed by atoms with E-state index >= 15 is 0 Å². The highest BCUT2D eigenvalue weighted by Gasteiger charge is 2.28. The van der Waals surface area contributed by atoms with Crippen molar-refractivity contribution in [2.75, 3.05) is 12.3 Å². The summed E-state index contributed by atoms with van der Waals surface area (Å²) in [5.74, 6) is 1.32. The van der Waals surface area contributed by atoms with Crippen LogP contribution in [0, 0.1) is 0 Å². The molecule has 0 saturated carbocycles. The topological polar surface area (TPSA) is 29.9 Å². The molecular weight excluding hydrogens is 230 g/mol. The minimum Gasteiger partial charge on any atom is -0.310 e. The van der Waals surface area contributed by atoms with Gasteiger partial charge in [0.2, 0.25) is 0 Å². The van der Waals surface area contributed by atoms with E-state index in [-0.39, 0.29) is 0 Å². The SMILES string of the molecule is CCc1cc(CNCC2(C)CCCS2)n(C)n1. The van der Waals surface area contributed by atoms with Crippen LogP contribution >= 0.6 is 11.8 Å². The van der Waals surface area contributed by atoms with Crippen LogP contribution in [0.1, 0.15) is 38.1 Å². The van der Waals surface area contributed by atoms with E-state index in [0.717, 1.165) is 19.5 Å². The minimum absolute atomic E-state index is 0.451. The van der Waals surface area contributed by atoms with Crippen LogP contribution in [0.3, 0.4) is 0 Å². The number of thioether (sulfide) groups is 1. The van der Waals surface area contributed by atoms with E-state index in [4.69, 9.17) is 0 Å². The van der Waals surface area contributed by atoms with Gasteiger partial charge in [0.1, 0.15) is 0 Å². The molecule has 1 N–H and O–H groups in total. The average Bonchev–Trinajstić information content (AvgIpc) is 2.87. The highest BCUT2D eigenvalue weighted by Crippen LogP contribution is 2.36. The molecular formula is C13H23N3S. The third kappa shape index (κ3) is 3.26. The highest BCUT2D eigenvalue weighted by molar-refractivity contribution is 8.00. The Kier molecular flexibility index (Phi) is 4.15. The van der Waals surface area contributed by atoms with Crippen LogP contribution in [0.15, 0.2) is 6.07 Å². The van der Waals surface area contributed by atoms with Crippen LogP contribution in [-0.4, -0.2) is 26.8 Å². The zero-order chi connectivity index (χ0) is 12.3. The van der Waals surface area contributed by atoms with Crippen molar-refractivity contribution in [3.8, 4) is 0 Å². The predicted molar refractivity (Wildman–Crippen MR) is 74.4 cm³/mol. The molecule has 1 aliphatic heterocycles. The molecule has 1 aromatic rings. The second-order valence-corrected chi connectivity index (χ2v) is 6.79. The van der Waals surface area contributed by atoms with Gasteiger partial charge in [-0.15, -0.1) is 0 Å². The van der Waals surface area contributed by atoms with Gasteiger partial charge in [0.25, 0.3) is 0 Å². The van der Waals surface area contributed by atoms with Gasteiger partial charge >= 0.3 is 0 Å². The molecule has 1 fully saturated rings. The van der Waals surface area contributed by atoms with Crippen molar-refractivity contribution in [3.05, 3.63) is 17.5 Å². The second-order valence-electron chi connectivity index (χ2n) is 5.11. The molecule has 0 spiro atoms. The second kappa shape index (κ2) is 5.44. The lowest BCUT2D eigenvalue weighted by Gasteiger charge is -2.22. The molecule has 0 aliphatic carbocycles. The van der Waals surface area contributed by atoms with Crippen LogP contribution in [0.5, 0.6) is 0 Å². The number of hydrogen-bond donors (Lipinski definition) is 1. The Bertz CT molecular complexity index is 367. The average molecular weight is 253 g/mol. The van der Waals surface area contributed by atoms with Crippen LogP contribution in [0.25, 0.3) is 0 Å². The lowest BCUT2D eigenvalue weighted by molar-refractivity contribution is 0.525. The lowest BCUT2D eigenvalue weighted by Crippen LogP contribution is -2.32. The van der Waals surface area contributed by atoms with Crippen molar-refractivity contribution >= 4 is 11.8 Å². The van der Waals surface area contributed by atoms with Crippen molar-refractivity contribution in [1.29, 1.82) is 0 Å². The maximum Gasteiger partial charge on any atom is 0.0625 e. The zero-order valence-electron chi connectivity index (χ0n) is 11.1. The first kappa shape index (κ1) is 13.0. The standard InChI is InChI=1S/C13H23N3S/c1-4-11-8-12(16(3)15-11)9-14-10-13(2)6-5-7-17-13/h8,14H,4-7,9-10H2,1-3H3. The van der Waals surface area contributed by atoms with Crippen molar-refractivity contribution in [1.82, 2.24) is 15.1 Å². The maximum absolute atomic E-state index is 4.47. The summed E-state index contributed by atoms with van der Waals surface area (Å²) in [4.78, 5) is 0. The van der Waals surface area contributed by atoms with E-state index < -0.39 is 0 Å². The van der Waals surface area contributed by atoms with Crippen molar-refractivity contribution in [2.45, 2.75) is 44.4 Å². The Labute approximate surface area is 108 Å². The lowest BCUT2D eigenvalue weighted by atomic mass is 10.1. The molecule has 1 aliphatic rings. The fraction of sp³-hybridized carbons (Fsp3) is 0.769. The zero-order valence-corrected chi connectivity index (χ0v) is 11.9. The molecule has 3 nitrogen and oxygen atoms in total. The molecule has 1 aromatic heterocycles. The van der Waals surface area contributed by atoms with Crippen LogP contribution < -0.4 is 5.32 Å². The number of nitrogens with zero attached hydrogens (tertiary/aromatic N) is 2. The minimum atomic E-state index is 0.451. The summed E-state index contributed by atoms with van der Waals surface area (Å²) in [6.45, 7) is 6.55. The summed E-state index contributed by atoms with van der Waals surface area (Å²) in [7, 11) is 2.03. The first-order valence-electron chi connectivity index (χ1n) is 6.49. The molecule has 0 aromatic carbocycles. The van der Waals surface area contributed by atoms with E-state index in [2.05, 4.69) is 42.1 Å². The van der Waals surface area contributed by atoms with Gasteiger partial charge in [-0.05, 0) is 38.0 Å². The van der Waals surface area contributed by atoms with Gasteiger partial charge in [-0.1, -0.05) is 6.92 Å². The van der Waals surface area contributed by atoms with E-state index in [1.165, 1.54) is 30.0 Å². The van der Waals surface area contributed by atoms with Crippen molar-refractivity contribution in [3.63, 3.8) is 0 Å². The summed E-state index contributed by atoms with van der Waals surface area (Å²) >= 11 is 2.11. The monoisotopic (exact) mass is 253 g/mol. The first-order chi connectivity index (χ1) is 8.13. The largest absolute Gasteiger partial charge is 0.310 e. The van der Waals surface area contributed by atoms with E-state index in [0.29, 0.717) is 4.75 Å². The quantitative estimate of drug-likeness (QED) is 0.873. The molecule has 2 heterocycles. The van der Waals surface area contributed by atoms with E-state index in [9.17, 15) is 0 Å². The molecule has 1 atom stereocenters. The Hall–Kier alpha value is -0.480. The maximum atomic E-state index is 4.47. The summed E-state index contributed by atoms with van der Waals surface area (Å²) in [5, 5.41) is 8.05. The van der Waals surface area contributed by atoms with Gasteiger partial charge in [0.15, 0.2) is 0 Å². The van der Waals surface area contributed by atoms with Gasteiger partial charge in [0.05, 0.1) is 11.4 Å². The molecule has 1 saturated heterocycles. The highest BCUT2D eigenvalue weighted by atomic mass is 32.2. The Morgan fingerprint density at radius 2 is 2.41 bits per heavy atom. The molecule has 2 rings (SSSR count). The summed E-state index contributed by atoms with van der Waals surface area (Å²) in [6.07, 6.45) is 3.73.